The number of aryl methyl sites for hydroxylation is 2. The Bertz CT molecular complexity index is 498. The zero-order chi connectivity index (χ0) is 14.7. The summed E-state index contributed by atoms with van der Waals surface area (Å²) in [6.45, 7) is 5.95. The van der Waals surface area contributed by atoms with Crippen LogP contribution in [0.4, 0.5) is 0 Å². The van der Waals surface area contributed by atoms with Gasteiger partial charge in [0.05, 0.1) is 0 Å². The molecule has 1 fully saturated rings. The molecule has 0 aromatic carbocycles. The number of nitrogens with zero attached hydrogens (tertiary/aromatic N) is 5. The maximum Gasteiger partial charge on any atom is 0.191 e. The molecule has 0 amide bonds. The Morgan fingerprint density at radius 3 is 2.76 bits per heavy atom. The van der Waals surface area contributed by atoms with E-state index >= 15 is 0 Å². The first-order chi connectivity index (χ1) is 10.2. The molecule has 21 heavy (non-hydrogen) atoms. The summed E-state index contributed by atoms with van der Waals surface area (Å²) in [7, 11) is 0. The van der Waals surface area contributed by atoms with Gasteiger partial charge in [-0.25, -0.2) is 0 Å². The molecule has 0 bridgehead atoms. The third kappa shape index (κ3) is 3.36. The van der Waals surface area contributed by atoms with Crippen LogP contribution >= 0.6 is 0 Å². The molecular weight excluding hydrogens is 264 g/mol. The number of hydrogen-bond acceptors (Lipinski definition) is 3. The predicted molar refractivity (Wildman–Crippen MR) is 83.1 cm³/mol. The van der Waals surface area contributed by atoms with Crippen molar-refractivity contribution < 1.29 is 0 Å². The molecule has 6 heteroatoms. The monoisotopic (exact) mass is 290 g/mol. The molecule has 2 aliphatic rings. The fourth-order valence-corrected chi connectivity index (χ4v) is 3.30. The van der Waals surface area contributed by atoms with Crippen molar-refractivity contribution in [2.45, 2.75) is 52.0 Å². The average molecular weight is 290 g/mol. The summed E-state index contributed by atoms with van der Waals surface area (Å²) in [5, 5.41) is 8.37. The molecule has 1 aromatic heterocycles. The fraction of sp³-hybridized carbons (Fsp3) is 0.800. The van der Waals surface area contributed by atoms with Crippen molar-refractivity contribution in [3.05, 3.63) is 11.6 Å². The highest BCUT2D eigenvalue weighted by Crippen LogP contribution is 2.20. The van der Waals surface area contributed by atoms with E-state index in [1.165, 1.54) is 25.7 Å². The van der Waals surface area contributed by atoms with Crippen LogP contribution in [0.15, 0.2) is 4.99 Å². The van der Waals surface area contributed by atoms with Crippen molar-refractivity contribution >= 4 is 5.96 Å². The minimum atomic E-state index is 0.553. The Hall–Kier alpha value is -1.59. The molecule has 116 valence electrons. The van der Waals surface area contributed by atoms with Crippen LogP contribution in [0.1, 0.15) is 43.8 Å². The number of guanidine groups is 1. The lowest BCUT2D eigenvalue weighted by atomic mass is 9.99. The van der Waals surface area contributed by atoms with Crippen molar-refractivity contribution in [2.24, 2.45) is 16.6 Å². The summed E-state index contributed by atoms with van der Waals surface area (Å²) < 4.78 is 2.23. The molecule has 0 radical (unpaired) electrons. The Labute approximate surface area is 126 Å². The van der Waals surface area contributed by atoms with E-state index in [1.54, 1.807) is 0 Å². The van der Waals surface area contributed by atoms with E-state index in [-0.39, 0.29) is 0 Å². The van der Waals surface area contributed by atoms with E-state index in [2.05, 4.69) is 24.7 Å². The third-order valence-corrected chi connectivity index (χ3v) is 4.67. The Balaban J connectivity index is 1.57. The zero-order valence-electron chi connectivity index (χ0n) is 13.0. The molecule has 6 nitrogen and oxygen atoms in total. The van der Waals surface area contributed by atoms with Crippen molar-refractivity contribution in [2.75, 3.05) is 19.6 Å². The topological polar surface area (TPSA) is 72.3 Å². The van der Waals surface area contributed by atoms with Gasteiger partial charge in [0.1, 0.15) is 11.6 Å². The number of fused-ring (bicyclic) bond motifs is 1. The van der Waals surface area contributed by atoms with Crippen molar-refractivity contribution in [1.29, 1.82) is 0 Å². The van der Waals surface area contributed by atoms with Gasteiger partial charge < -0.3 is 15.2 Å². The number of rotatable bonds is 2. The van der Waals surface area contributed by atoms with Crippen LogP contribution in [-0.2, 0) is 13.0 Å². The molecule has 1 unspecified atom stereocenters. The molecule has 1 saturated heterocycles. The van der Waals surface area contributed by atoms with Crippen molar-refractivity contribution in [1.82, 2.24) is 19.7 Å². The van der Waals surface area contributed by atoms with Crippen LogP contribution in [0.25, 0.3) is 0 Å². The molecular formula is C15H26N6. The van der Waals surface area contributed by atoms with Gasteiger partial charge in [-0.3, -0.25) is 4.99 Å². The molecule has 3 rings (SSSR count). The van der Waals surface area contributed by atoms with Crippen LogP contribution in [0.5, 0.6) is 0 Å². The van der Waals surface area contributed by atoms with E-state index in [1.807, 2.05) is 6.92 Å². The van der Waals surface area contributed by atoms with E-state index in [4.69, 9.17) is 5.73 Å². The second-order valence-corrected chi connectivity index (χ2v) is 6.28. The molecule has 0 saturated carbocycles. The summed E-state index contributed by atoms with van der Waals surface area (Å²) >= 11 is 0. The Morgan fingerprint density at radius 1 is 1.24 bits per heavy atom. The summed E-state index contributed by atoms with van der Waals surface area (Å²) in [6, 6.07) is 0. The average Bonchev–Trinajstić information content (AvgIpc) is 2.72. The number of aliphatic imine (C=N–C) groups is 1. The highest BCUT2D eigenvalue weighted by Gasteiger charge is 2.21. The van der Waals surface area contributed by atoms with Gasteiger partial charge in [-0.15, -0.1) is 10.2 Å². The largest absolute Gasteiger partial charge is 0.370 e. The van der Waals surface area contributed by atoms with Crippen LogP contribution in [0, 0.1) is 12.8 Å². The van der Waals surface area contributed by atoms with E-state index in [9.17, 15) is 0 Å². The quantitative estimate of drug-likeness (QED) is 0.659. The third-order valence-electron chi connectivity index (χ3n) is 4.67. The molecule has 2 aliphatic heterocycles. The minimum Gasteiger partial charge on any atom is -0.370 e. The van der Waals surface area contributed by atoms with Crippen LogP contribution < -0.4 is 5.73 Å². The van der Waals surface area contributed by atoms with Crippen molar-refractivity contribution in [3.8, 4) is 0 Å². The SMILES string of the molecule is Cc1nnc2n1CC(CN=C(N)N1CCCCCC1)CC2. The maximum atomic E-state index is 6.18. The van der Waals surface area contributed by atoms with Crippen LogP contribution in [-0.4, -0.2) is 45.3 Å². The van der Waals surface area contributed by atoms with Gasteiger partial charge in [-0.05, 0) is 32.1 Å². The first kappa shape index (κ1) is 14.4. The molecule has 3 heterocycles. The van der Waals surface area contributed by atoms with Gasteiger partial charge in [0, 0.05) is 32.6 Å². The van der Waals surface area contributed by atoms with Gasteiger partial charge in [0.2, 0.25) is 0 Å². The first-order valence-electron chi connectivity index (χ1n) is 8.17. The molecule has 0 spiro atoms. The number of aromatic nitrogens is 3. The predicted octanol–water partition coefficient (Wildman–Crippen LogP) is 1.34. The van der Waals surface area contributed by atoms with Crippen LogP contribution in [0.3, 0.4) is 0 Å². The Morgan fingerprint density at radius 2 is 2.00 bits per heavy atom. The number of likely N-dealkylation sites (tertiary alicyclic amines) is 1. The van der Waals surface area contributed by atoms with E-state index in [0.29, 0.717) is 5.92 Å². The highest BCUT2D eigenvalue weighted by atomic mass is 15.3. The molecule has 0 aliphatic carbocycles. The van der Waals surface area contributed by atoms with Crippen molar-refractivity contribution in [3.63, 3.8) is 0 Å². The lowest BCUT2D eigenvalue weighted by Crippen LogP contribution is -2.38. The van der Waals surface area contributed by atoms with E-state index < -0.39 is 0 Å². The van der Waals surface area contributed by atoms with Gasteiger partial charge in [-0.2, -0.15) is 0 Å². The fourth-order valence-electron chi connectivity index (χ4n) is 3.30. The number of nitrogens with two attached hydrogens (primary N) is 1. The van der Waals surface area contributed by atoms with Crippen LogP contribution in [0.2, 0.25) is 0 Å². The number of hydrogen-bond donors (Lipinski definition) is 1. The second-order valence-electron chi connectivity index (χ2n) is 6.28. The maximum absolute atomic E-state index is 6.18. The smallest absolute Gasteiger partial charge is 0.191 e. The lowest BCUT2D eigenvalue weighted by Gasteiger charge is -2.24. The van der Waals surface area contributed by atoms with Gasteiger partial charge >= 0.3 is 0 Å². The first-order valence-corrected chi connectivity index (χ1v) is 8.17. The zero-order valence-corrected chi connectivity index (χ0v) is 13.0. The van der Waals surface area contributed by atoms with Gasteiger partial charge in [0.15, 0.2) is 5.96 Å². The summed E-state index contributed by atoms with van der Waals surface area (Å²) in [5.74, 6) is 3.42. The minimum absolute atomic E-state index is 0.553. The molecule has 1 aromatic rings. The van der Waals surface area contributed by atoms with Gasteiger partial charge in [0.25, 0.3) is 0 Å². The van der Waals surface area contributed by atoms with E-state index in [0.717, 1.165) is 56.6 Å². The molecule has 2 N–H and O–H groups in total. The second kappa shape index (κ2) is 6.45. The summed E-state index contributed by atoms with van der Waals surface area (Å²) in [6.07, 6.45) is 7.26. The molecule has 1 atom stereocenters. The highest BCUT2D eigenvalue weighted by molar-refractivity contribution is 5.78. The Kier molecular flexibility index (Phi) is 4.41. The summed E-state index contributed by atoms with van der Waals surface area (Å²) in [5.41, 5.74) is 6.18. The van der Waals surface area contributed by atoms with Gasteiger partial charge in [-0.1, -0.05) is 12.8 Å². The standard InChI is InChI=1S/C15H26N6/c1-12-18-19-14-7-6-13(11-21(12)14)10-17-15(16)20-8-4-2-3-5-9-20/h13H,2-11H2,1H3,(H2,16,17). The lowest BCUT2D eigenvalue weighted by molar-refractivity contribution is 0.365. The summed E-state index contributed by atoms with van der Waals surface area (Å²) in [4.78, 5) is 6.92. The normalized spacial score (nSPS) is 23.8.